The molecule has 0 fully saturated rings. The summed E-state index contributed by atoms with van der Waals surface area (Å²) in [5.41, 5.74) is 1.92. The first kappa shape index (κ1) is 19.2. The number of nitrogens with one attached hydrogen (secondary N) is 2. The van der Waals surface area contributed by atoms with Gasteiger partial charge in [-0.3, -0.25) is 0 Å². The van der Waals surface area contributed by atoms with Crippen molar-refractivity contribution < 1.29 is 23.1 Å². The van der Waals surface area contributed by atoms with Gasteiger partial charge in [0.1, 0.15) is 23.6 Å². The van der Waals surface area contributed by atoms with Crippen LogP contribution in [0.4, 0.5) is 14.9 Å². The molecule has 0 spiro atoms. The molecule has 28 heavy (non-hydrogen) atoms. The van der Waals surface area contributed by atoms with E-state index in [1.807, 2.05) is 0 Å². The summed E-state index contributed by atoms with van der Waals surface area (Å²) in [4.78, 5) is 16.4. The average Bonchev–Trinajstić information content (AvgIpc) is 3.17. The molecule has 2 aromatic carbocycles. The Hall–Kier alpha value is -3.55. The Kier molecular flexibility index (Phi) is 6.11. The highest BCUT2D eigenvalue weighted by Gasteiger charge is 2.09. The van der Waals surface area contributed by atoms with Crippen LogP contribution >= 0.6 is 0 Å². The van der Waals surface area contributed by atoms with E-state index >= 15 is 0 Å². The Labute approximate surface area is 161 Å². The van der Waals surface area contributed by atoms with Crippen molar-refractivity contribution in [1.29, 1.82) is 0 Å². The maximum absolute atomic E-state index is 13.0. The van der Waals surface area contributed by atoms with Crippen LogP contribution in [0.25, 0.3) is 11.5 Å². The van der Waals surface area contributed by atoms with Crippen LogP contribution in [0.3, 0.4) is 0 Å². The van der Waals surface area contributed by atoms with Gasteiger partial charge in [-0.2, -0.15) is 0 Å². The standard InChI is InChI=1S/C20H20FN3O4/c1-26-17-9-16(10-18(11-17)27-2)24-20(25)22-8-7-15-12-28-19(23-15)13-3-5-14(21)6-4-13/h3-6,9-12H,7-8H2,1-2H3,(H2,22,24,25). The van der Waals surface area contributed by atoms with Gasteiger partial charge in [-0.1, -0.05) is 0 Å². The zero-order valence-electron chi connectivity index (χ0n) is 15.5. The molecule has 0 saturated heterocycles. The number of anilines is 1. The van der Waals surface area contributed by atoms with E-state index in [0.29, 0.717) is 47.3 Å². The summed E-state index contributed by atoms with van der Waals surface area (Å²) in [6.45, 7) is 0.363. The first-order valence-corrected chi connectivity index (χ1v) is 8.55. The Morgan fingerprint density at radius 3 is 2.43 bits per heavy atom. The van der Waals surface area contributed by atoms with Gasteiger partial charge >= 0.3 is 6.03 Å². The number of carbonyl (C=O) groups excluding carboxylic acids is 1. The number of oxazole rings is 1. The van der Waals surface area contributed by atoms with E-state index in [1.165, 1.54) is 32.6 Å². The van der Waals surface area contributed by atoms with E-state index in [4.69, 9.17) is 13.9 Å². The number of rotatable bonds is 7. The first-order chi connectivity index (χ1) is 13.6. The summed E-state index contributed by atoms with van der Waals surface area (Å²) in [5, 5.41) is 5.47. The van der Waals surface area contributed by atoms with Crippen molar-refractivity contribution in [2.75, 3.05) is 26.1 Å². The number of urea groups is 1. The molecule has 0 saturated carbocycles. The first-order valence-electron chi connectivity index (χ1n) is 8.55. The van der Waals surface area contributed by atoms with Gasteiger partial charge in [-0.25, -0.2) is 14.2 Å². The Balaban J connectivity index is 1.51. The van der Waals surface area contributed by atoms with E-state index in [1.54, 1.807) is 30.3 Å². The molecule has 7 nitrogen and oxygen atoms in total. The van der Waals surface area contributed by atoms with Crippen molar-refractivity contribution in [2.45, 2.75) is 6.42 Å². The van der Waals surface area contributed by atoms with Gasteiger partial charge < -0.3 is 24.5 Å². The molecular weight excluding hydrogens is 365 g/mol. The van der Waals surface area contributed by atoms with E-state index < -0.39 is 0 Å². The summed E-state index contributed by atoms with van der Waals surface area (Å²) in [7, 11) is 3.08. The maximum Gasteiger partial charge on any atom is 0.319 e. The molecule has 0 aliphatic rings. The topological polar surface area (TPSA) is 85.6 Å². The molecule has 3 rings (SSSR count). The number of hydrogen-bond acceptors (Lipinski definition) is 5. The fourth-order valence-corrected chi connectivity index (χ4v) is 2.51. The highest BCUT2D eigenvalue weighted by Crippen LogP contribution is 2.25. The molecular formula is C20H20FN3O4. The Morgan fingerprint density at radius 2 is 1.79 bits per heavy atom. The number of nitrogens with zero attached hydrogens (tertiary/aromatic N) is 1. The minimum absolute atomic E-state index is 0.320. The van der Waals surface area contributed by atoms with Crippen LogP contribution in [0.15, 0.2) is 53.1 Å². The number of halogens is 1. The smallest absolute Gasteiger partial charge is 0.319 e. The minimum atomic E-state index is -0.363. The van der Waals surface area contributed by atoms with Crippen molar-refractivity contribution in [1.82, 2.24) is 10.3 Å². The summed E-state index contributed by atoms with van der Waals surface area (Å²) in [6, 6.07) is 10.6. The summed E-state index contributed by atoms with van der Waals surface area (Å²) < 4.78 is 28.7. The molecule has 1 heterocycles. The second-order valence-electron chi connectivity index (χ2n) is 5.88. The van der Waals surface area contributed by atoms with E-state index in [9.17, 15) is 9.18 Å². The molecule has 0 aliphatic carbocycles. The zero-order valence-corrected chi connectivity index (χ0v) is 15.5. The number of amides is 2. The van der Waals surface area contributed by atoms with Crippen LogP contribution in [0.2, 0.25) is 0 Å². The Morgan fingerprint density at radius 1 is 1.11 bits per heavy atom. The third kappa shape index (κ3) is 5.00. The SMILES string of the molecule is COc1cc(NC(=O)NCCc2coc(-c3ccc(F)cc3)n2)cc(OC)c1. The molecule has 1 aromatic heterocycles. The number of methoxy groups -OCH3 is 2. The van der Waals surface area contributed by atoms with Crippen LogP contribution < -0.4 is 20.1 Å². The number of benzene rings is 2. The molecule has 0 radical (unpaired) electrons. The lowest BCUT2D eigenvalue weighted by Crippen LogP contribution is -2.30. The van der Waals surface area contributed by atoms with Crippen LogP contribution in [-0.4, -0.2) is 31.8 Å². The van der Waals surface area contributed by atoms with E-state index in [0.717, 1.165) is 0 Å². The quantitative estimate of drug-likeness (QED) is 0.645. The number of hydrogen-bond donors (Lipinski definition) is 2. The third-order valence-corrected chi connectivity index (χ3v) is 3.92. The summed E-state index contributed by atoms with van der Waals surface area (Å²) >= 11 is 0. The molecule has 0 unspecified atom stereocenters. The van der Waals surface area contributed by atoms with Crippen molar-refractivity contribution in [3.63, 3.8) is 0 Å². The van der Waals surface area contributed by atoms with Gasteiger partial charge in [0.15, 0.2) is 0 Å². The molecule has 3 aromatic rings. The van der Waals surface area contributed by atoms with Gasteiger partial charge in [0.2, 0.25) is 5.89 Å². The van der Waals surface area contributed by atoms with Crippen molar-refractivity contribution in [2.24, 2.45) is 0 Å². The van der Waals surface area contributed by atoms with Crippen LogP contribution in [-0.2, 0) is 6.42 Å². The lowest BCUT2D eigenvalue weighted by molar-refractivity contribution is 0.252. The zero-order chi connectivity index (χ0) is 19.9. The maximum atomic E-state index is 13.0. The van der Waals surface area contributed by atoms with Crippen molar-refractivity contribution >= 4 is 11.7 Å². The summed E-state index contributed by atoms with van der Waals surface area (Å²) in [5.74, 6) is 1.23. The van der Waals surface area contributed by atoms with E-state index in [2.05, 4.69) is 15.6 Å². The van der Waals surface area contributed by atoms with Crippen LogP contribution in [0.5, 0.6) is 11.5 Å². The van der Waals surface area contributed by atoms with Crippen LogP contribution in [0, 0.1) is 5.82 Å². The fraction of sp³-hybridized carbons (Fsp3) is 0.200. The summed E-state index contributed by atoms with van der Waals surface area (Å²) in [6.07, 6.45) is 2.00. The monoisotopic (exact) mass is 385 g/mol. The number of ether oxygens (including phenoxy) is 2. The molecule has 0 aliphatic heterocycles. The molecule has 2 N–H and O–H groups in total. The largest absolute Gasteiger partial charge is 0.497 e. The second-order valence-corrected chi connectivity index (χ2v) is 5.88. The lowest BCUT2D eigenvalue weighted by Gasteiger charge is -2.10. The minimum Gasteiger partial charge on any atom is -0.497 e. The number of aromatic nitrogens is 1. The van der Waals surface area contributed by atoms with Gasteiger partial charge in [-0.05, 0) is 24.3 Å². The molecule has 8 heteroatoms. The third-order valence-electron chi connectivity index (χ3n) is 3.92. The van der Waals surface area contributed by atoms with Gasteiger partial charge in [0.05, 0.1) is 19.9 Å². The van der Waals surface area contributed by atoms with E-state index in [-0.39, 0.29) is 11.8 Å². The van der Waals surface area contributed by atoms with Crippen LogP contribution in [0.1, 0.15) is 5.69 Å². The highest BCUT2D eigenvalue weighted by atomic mass is 19.1. The second kappa shape index (κ2) is 8.90. The molecule has 146 valence electrons. The lowest BCUT2D eigenvalue weighted by atomic mass is 10.2. The molecule has 0 bridgehead atoms. The average molecular weight is 385 g/mol. The van der Waals surface area contributed by atoms with Gasteiger partial charge in [0.25, 0.3) is 0 Å². The highest BCUT2D eigenvalue weighted by molar-refractivity contribution is 5.89. The fourth-order valence-electron chi connectivity index (χ4n) is 2.51. The van der Waals surface area contributed by atoms with Gasteiger partial charge in [-0.15, -0.1) is 0 Å². The van der Waals surface area contributed by atoms with Crippen molar-refractivity contribution in [3.8, 4) is 23.0 Å². The van der Waals surface area contributed by atoms with Gasteiger partial charge in [0, 0.05) is 42.4 Å². The predicted octanol–water partition coefficient (Wildman–Crippen LogP) is 3.86. The Bertz CT molecular complexity index is 919. The normalized spacial score (nSPS) is 10.4. The number of carbonyl (C=O) groups is 1. The van der Waals surface area contributed by atoms with Crippen molar-refractivity contribution in [3.05, 3.63) is 60.2 Å². The molecule has 2 amide bonds. The predicted molar refractivity (Wildman–Crippen MR) is 102 cm³/mol. The molecule has 0 atom stereocenters.